The number of anilines is 1. The molecule has 0 atom stereocenters. The molecule has 0 spiro atoms. The Balaban J connectivity index is 1.30. The van der Waals surface area contributed by atoms with Gasteiger partial charge in [0.05, 0.1) is 18.7 Å². The molecule has 0 unspecified atom stereocenters. The number of methoxy groups -OCH3 is 1. The molecule has 1 N–H and O–H groups in total. The van der Waals surface area contributed by atoms with Crippen LogP contribution in [0.3, 0.4) is 0 Å². The summed E-state index contributed by atoms with van der Waals surface area (Å²) in [6, 6.07) is 8.35. The number of rotatable bonds is 10. The zero-order valence-corrected chi connectivity index (χ0v) is 19.1. The lowest BCUT2D eigenvalue weighted by Gasteiger charge is -2.34. The van der Waals surface area contributed by atoms with Crippen molar-refractivity contribution in [2.45, 2.75) is 38.1 Å². The number of aromatic nitrogens is 2. The smallest absolute Gasteiger partial charge is 0.234 e. The Labute approximate surface area is 190 Å². The highest BCUT2D eigenvalue weighted by molar-refractivity contribution is 5.90. The monoisotopic (exact) mass is 438 g/mol. The van der Waals surface area contributed by atoms with Crippen molar-refractivity contribution < 1.29 is 9.47 Å². The van der Waals surface area contributed by atoms with Crippen LogP contribution in [0.4, 0.5) is 5.82 Å². The Hall–Kier alpha value is -2.47. The summed E-state index contributed by atoms with van der Waals surface area (Å²) in [5.74, 6) is 1.77. The molecule has 0 bridgehead atoms. The van der Waals surface area contributed by atoms with Crippen LogP contribution in [0.5, 0.6) is 5.75 Å². The quantitative estimate of drug-likeness (QED) is 0.567. The second-order valence-corrected chi connectivity index (χ2v) is 8.69. The van der Waals surface area contributed by atoms with Gasteiger partial charge in [0.1, 0.15) is 17.6 Å². The van der Waals surface area contributed by atoms with Crippen LogP contribution in [-0.4, -0.2) is 85.4 Å². The summed E-state index contributed by atoms with van der Waals surface area (Å²) >= 11 is 0. The number of fused-ring (bicyclic) bond motifs is 1. The van der Waals surface area contributed by atoms with Gasteiger partial charge in [-0.3, -0.25) is 4.90 Å². The predicted octanol–water partition coefficient (Wildman–Crippen LogP) is 2.89. The number of hydrogen-bond donors (Lipinski definition) is 1. The molecule has 8 heteroatoms. The van der Waals surface area contributed by atoms with Gasteiger partial charge in [-0.1, -0.05) is 12.8 Å². The number of nitrogens with zero attached hydrogens (tertiary/aromatic N) is 5. The summed E-state index contributed by atoms with van der Waals surface area (Å²) in [5, 5.41) is 13.8. The van der Waals surface area contributed by atoms with E-state index in [9.17, 15) is 5.26 Å². The lowest BCUT2D eigenvalue weighted by molar-refractivity contribution is 0.0942. The van der Waals surface area contributed by atoms with Crippen LogP contribution in [0.2, 0.25) is 0 Å². The van der Waals surface area contributed by atoms with Crippen LogP contribution < -0.4 is 10.1 Å². The third-order valence-electron chi connectivity index (χ3n) is 6.43. The van der Waals surface area contributed by atoms with Gasteiger partial charge in [-0.05, 0) is 37.5 Å². The fourth-order valence-electron chi connectivity index (χ4n) is 4.56. The minimum atomic E-state index is 0.203. The van der Waals surface area contributed by atoms with Crippen molar-refractivity contribution in [1.82, 2.24) is 19.8 Å². The molecular weight excluding hydrogens is 404 g/mol. The van der Waals surface area contributed by atoms with Gasteiger partial charge < -0.3 is 19.7 Å². The van der Waals surface area contributed by atoms with E-state index in [0.29, 0.717) is 12.6 Å². The van der Waals surface area contributed by atoms with E-state index in [4.69, 9.17) is 9.47 Å². The second kappa shape index (κ2) is 11.4. The number of piperazine rings is 1. The Morgan fingerprint density at radius 1 is 1.06 bits per heavy atom. The van der Waals surface area contributed by atoms with Crippen molar-refractivity contribution in [1.29, 1.82) is 5.26 Å². The summed E-state index contributed by atoms with van der Waals surface area (Å²) in [4.78, 5) is 13.8. The maximum Gasteiger partial charge on any atom is 0.234 e. The predicted molar refractivity (Wildman–Crippen MR) is 125 cm³/mol. The fraction of sp³-hybridized carbons (Fsp3) is 0.625. The Morgan fingerprint density at radius 2 is 1.81 bits per heavy atom. The fourth-order valence-corrected chi connectivity index (χ4v) is 4.56. The van der Waals surface area contributed by atoms with Crippen LogP contribution in [0.1, 0.15) is 37.9 Å². The van der Waals surface area contributed by atoms with Crippen molar-refractivity contribution in [2.75, 3.05) is 64.9 Å². The molecule has 8 nitrogen and oxygen atoms in total. The molecule has 2 fully saturated rings. The van der Waals surface area contributed by atoms with Gasteiger partial charge in [0.2, 0.25) is 5.82 Å². The molecule has 1 saturated heterocycles. The van der Waals surface area contributed by atoms with Crippen molar-refractivity contribution in [3.63, 3.8) is 0 Å². The molecular formula is C24H34N6O2. The van der Waals surface area contributed by atoms with Crippen LogP contribution in [0, 0.1) is 11.3 Å². The number of ether oxygens (including phenoxy) is 2. The standard InChI is InChI=1S/C24H34N6O2/c1-31-16-14-30-12-10-29(11-13-30)9-4-15-32-20-7-8-22-21(17-20)24(28-23(18-25)27-22)26-19-5-2-3-6-19/h7-8,17,19H,2-6,9-16H2,1H3,(H,26,27,28). The summed E-state index contributed by atoms with van der Waals surface area (Å²) in [7, 11) is 1.76. The molecule has 0 radical (unpaired) electrons. The lowest BCUT2D eigenvalue weighted by Crippen LogP contribution is -2.47. The second-order valence-electron chi connectivity index (χ2n) is 8.69. The largest absolute Gasteiger partial charge is 0.494 e. The highest BCUT2D eigenvalue weighted by atomic mass is 16.5. The van der Waals surface area contributed by atoms with Crippen molar-refractivity contribution >= 4 is 16.7 Å². The van der Waals surface area contributed by atoms with Gasteiger partial charge in [0.25, 0.3) is 0 Å². The normalized spacial score (nSPS) is 18.1. The zero-order valence-electron chi connectivity index (χ0n) is 19.1. The molecule has 4 rings (SSSR count). The molecule has 1 aliphatic heterocycles. The first kappa shape index (κ1) is 22.7. The van der Waals surface area contributed by atoms with Gasteiger partial charge in [-0.2, -0.15) is 5.26 Å². The maximum absolute atomic E-state index is 9.30. The molecule has 1 aliphatic carbocycles. The van der Waals surface area contributed by atoms with Crippen molar-refractivity contribution in [3.8, 4) is 11.8 Å². The molecule has 32 heavy (non-hydrogen) atoms. The third-order valence-corrected chi connectivity index (χ3v) is 6.43. The Morgan fingerprint density at radius 3 is 2.53 bits per heavy atom. The highest BCUT2D eigenvalue weighted by Crippen LogP contribution is 2.28. The highest BCUT2D eigenvalue weighted by Gasteiger charge is 2.18. The SMILES string of the molecule is COCCN1CCN(CCCOc2ccc3nc(C#N)nc(NC4CCCC4)c3c2)CC1. The van der Waals surface area contributed by atoms with Gasteiger partial charge in [-0.25, -0.2) is 9.97 Å². The van der Waals surface area contributed by atoms with Crippen molar-refractivity contribution in [2.24, 2.45) is 0 Å². The molecule has 2 heterocycles. The van der Waals surface area contributed by atoms with Crippen LogP contribution >= 0.6 is 0 Å². The van der Waals surface area contributed by atoms with Crippen LogP contribution in [0.15, 0.2) is 18.2 Å². The third kappa shape index (κ3) is 6.06. The number of nitriles is 1. The minimum Gasteiger partial charge on any atom is -0.494 e. The molecule has 0 amide bonds. The van der Waals surface area contributed by atoms with Crippen LogP contribution in [0.25, 0.3) is 10.9 Å². The van der Waals surface area contributed by atoms with E-state index in [0.717, 1.165) is 87.6 Å². The van der Waals surface area contributed by atoms with Gasteiger partial charge >= 0.3 is 0 Å². The van der Waals surface area contributed by atoms with Gasteiger partial charge in [-0.15, -0.1) is 0 Å². The topological polar surface area (TPSA) is 86.5 Å². The van der Waals surface area contributed by atoms with Crippen LogP contribution in [-0.2, 0) is 4.74 Å². The Bertz CT molecular complexity index is 917. The first-order valence-corrected chi connectivity index (χ1v) is 11.8. The van der Waals surface area contributed by atoms with E-state index in [1.165, 1.54) is 12.8 Å². The minimum absolute atomic E-state index is 0.203. The number of benzene rings is 1. The molecule has 2 aliphatic rings. The molecule has 1 aromatic carbocycles. The van der Waals surface area contributed by atoms with E-state index in [2.05, 4.69) is 31.2 Å². The number of hydrogen-bond acceptors (Lipinski definition) is 8. The average molecular weight is 439 g/mol. The van der Waals surface area contributed by atoms with Crippen molar-refractivity contribution in [3.05, 3.63) is 24.0 Å². The van der Waals surface area contributed by atoms with Gasteiger partial charge in [0, 0.05) is 57.8 Å². The molecule has 1 aromatic heterocycles. The van der Waals surface area contributed by atoms with Gasteiger partial charge in [0.15, 0.2) is 0 Å². The van der Waals surface area contributed by atoms with E-state index < -0.39 is 0 Å². The Kier molecular flexibility index (Phi) is 8.10. The summed E-state index contributed by atoms with van der Waals surface area (Å²) in [6.07, 6.45) is 5.76. The van der Waals surface area contributed by atoms with E-state index in [1.54, 1.807) is 7.11 Å². The summed E-state index contributed by atoms with van der Waals surface area (Å²) < 4.78 is 11.2. The number of nitrogens with one attached hydrogen (secondary N) is 1. The van der Waals surface area contributed by atoms with E-state index in [-0.39, 0.29) is 5.82 Å². The summed E-state index contributed by atoms with van der Waals surface area (Å²) in [5.41, 5.74) is 0.774. The molecule has 2 aromatic rings. The summed E-state index contributed by atoms with van der Waals surface area (Å²) in [6.45, 7) is 7.98. The van der Waals surface area contributed by atoms with E-state index >= 15 is 0 Å². The lowest BCUT2D eigenvalue weighted by atomic mass is 10.2. The first-order chi connectivity index (χ1) is 15.7. The first-order valence-electron chi connectivity index (χ1n) is 11.8. The van der Waals surface area contributed by atoms with E-state index in [1.807, 2.05) is 18.2 Å². The zero-order chi connectivity index (χ0) is 22.2. The molecule has 1 saturated carbocycles. The maximum atomic E-state index is 9.30. The average Bonchev–Trinajstić information content (AvgIpc) is 3.34. The molecule has 172 valence electrons.